The molecule has 21 heavy (non-hydrogen) atoms. The van der Waals surface area contributed by atoms with Gasteiger partial charge in [0.05, 0.1) is 17.9 Å². The number of aryl methyl sites for hydroxylation is 2. The summed E-state index contributed by atoms with van der Waals surface area (Å²) in [5, 5.41) is 22.2. The fraction of sp³-hybridized carbons (Fsp3) is 0.467. The van der Waals surface area contributed by atoms with Gasteiger partial charge in [-0.15, -0.1) is 5.10 Å². The van der Waals surface area contributed by atoms with E-state index in [1.807, 2.05) is 38.0 Å². The van der Waals surface area contributed by atoms with Crippen LogP contribution in [0.1, 0.15) is 41.3 Å². The Balaban J connectivity index is 2.04. The van der Waals surface area contributed by atoms with Crippen molar-refractivity contribution in [3.8, 4) is 6.07 Å². The number of nitriles is 1. The van der Waals surface area contributed by atoms with Crippen molar-refractivity contribution in [3.63, 3.8) is 0 Å². The van der Waals surface area contributed by atoms with E-state index in [1.54, 1.807) is 0 Å². The SMILES string of the molecule is Cc1nnc(N2CCCC2c2cnn(C)c2)c(C#N)c1C. The summed E-state index contributed by atoms with van der Waals surface area (Å²) >= 11 is 0. The van der Waals surface area contributed by atoms with Crippen LogP contribution in [0.25, 0.3) is 0 Å². The number of anilines is 1. The molecule has 1 aliphatic heterocycles. The standard InChI is InChI=1S/C15H18N6/c1-10-11(2)18-19-15(13(10)7-16)21-6-4-5-14(21)12-8-17-20(3)9-12/h8-9,14H,4-6H2,1-3H3. The third-order valence-electron chi connectivity index (χ3n) is 4.18. The predicted molar refractivity (Wildman–Crippen MR) is 78.8 cm³/mol. The molecule has 0 saturated carbocycles. The predicted octanol–water partition coefficient (Wildman–Crippen LogP) is 2.04. The van der Waals surface area contributed by atoms with Crippen LogP contribution >= 0.6 is 0 Å². The topological polar surface area (TPSA) is 70.6 Å². The summed E-state index contributed by atoms with van der Waals surface area (Å²) in [5.74, 6) is 0.701. The third kappa shape index (κ3) is 2.25. The lowest BCUT2D eigenvalue weighted by molar-refractivity contribution is 0.699. The quantitative estimate of drug-likeness (QED) is 0.843. The van der Waals surface area contributed by atoms with Crippen molar-refractivity contribution < 1.29 is 0 Å². The summed E-state index contributed by atoms with van der Waals surface area (Å²) in [5.41, 5.74) is 3.53. The first kappa shape index (κ1) is 13.6. The summed E-state index contributed by atoms with van der Waals surface area (Å²) in [4.78, 5) is 2.19. The van der Waals surface area contributed by atoms with Crippen LogP contribution in [-0.2, 0) is 7.05 Å². The van der Waals surface area contributed by atoms with E-state index in [4.69, 9.17) is 0 Å². The van der Waals surface area contributed by atoms with Crippen LogP contribution in [0.5, 0.6) is 0 Å². The second-order valence-electron chi connectivity index (χ2n) is 5.52. The molecule has 3 rings (SSSR count). The van der Waals surface area contributed by atoms with Crippen LogP contribution in [0.4, 0.5) is 5.82 Å². The first-order chi connectivity index (χ1) is 10.1. The van der Waals surface area contributed by atoms with E-state index < -0.39 is 0 Å². The van der Waals surface area contributed by atoms with Gasteiger partial charge >= 0.3 is 0 Å². The third-order valence-corrected chi connectivity index (χ3v) is 4.18. The van der Waals surface area contributed by atoms with Crippen LogP contribution in [0, 0.1) is 25.2 Å². The van der Waals surface area contributed by atoms with Gasteiger partial charge in [-0.3, -0.25) is 4.68 Å². The first-order valence-electron chi connectivity index (χ1n) is 7.11. The van der Waals surface area contributed by atoms with E-state index in [0.717, 1.165) is 30.6 Å². The lowest BCUT2D eigenvalue weighted by Gasteiger charge is -2.25. The first-order valence-corrected chi connectivity index (χ1v) is 7.11. The van der Waals surface area contributed by atoms with Crippen LogP contribution < -0.4 is 4.90 Å². The van der Waals surface area contributed by atoms with Gasteiger partial charge in [-0.25, -0.2) is 0 Å². The highest BCUT2D eigenvalue weighted by atomic mass is 15.3. The van der Waals surface area contributed by atoms with Gasteiger partial charge in [0.15, 0.2) is 5.82 Å². The smallest absolute Gasteiger partial charge is 0.170 e. The van der Waals surface area contributed by atoms with E-state index >= 15 is 0 Å². The Morgan fingerprint density at radius 3 is 2.81 bits per heavy atom. The average Bonchev–Trinajstić information content (AvgIpc) is 3.10. The molecule has 108 valence electrons. The zero-order chi connectivity index (χ0) is 15.0. The normalized spacial score (nSPS) is 18.0. The molecule has 0 amide bonds. The summed E-state index contributed by atoms with van der Waals surface area (Å²) in [6.07, 6.45) is 6.05. The molecule has 0 radical (unpaired) electrons. The summed E-state index contributed by atoms with van der Waals surface area (Å²) in [6, 6.07) is 2.52. The van der Waals surface area contributed by atoms with Crippen molar-refractivity contribution in [2.45, 2.75) is 32.7 Å². The lowest BCUT2D eigenvalue weighted by atomic mass is 10.1. The maximum atomic E-state index is 9.48. The Labute approximate surface area is 124 Å². The molecule has 0 aromatic carbocycles. The van der Waals surface area contributed by atoms with Crippen LogP contribution in [0.2, 0.25) is 0 Å². The van der Waals surface area contributed by atoms with Crippen molar-refractivity contribution in [1.82, 2.24) is 20.0 Å². The Kier molecular flexibility index (Phi) is 3.34. The molecule has 0 spiro atoms. The van der Waals surface area contributed by atoms with Crippen molar-refractivity contribution >= 4 is 5.82 Å². The summed E-state index contributed by atoms with van der Waals surface area (Å²) < 4.78 is 1.81. The second kappa shape index (κ2) is 5.17. The molecule has 0 N–H and O–H groups in total. The largest absolute Gasteiger partial charge is 0.347 e. The van der Waals surface area contributed by atoms with Crippen molar-refractivity contribution in [3.05, 3.63) is 34.8 Å². The van der Waals surface area contributed by atoms with Gasteiger partial charge < -0.3 is 4.90 Å². The van der Waals surface area contributed by atoms with E-state index in [2.05, 4.69) is 26.3 Å². The number of rotatable bonds is 2. The molecule has 0 bridgehead atoms. The van der Waals surface area contributed by atoms with E-state index in [9.17, 15) is 5.26 Å². The molecule has 6 heteroatoms. The lowest BCUT2D eigenvalue weighted by Crippen LogP contribution is -2.25. The van der Waals surface area contributed by atoms with Crippen LogP contribution in [-0.4, -0.2) is 26.5 Å². The molecule has 2 aromatic heterocycles. The molecular formula is C15H18N6. The van der Waals surface area contributed by atoms with Crippen LogP contribution in [0.15, 0.2) is 12.4 Å². The highest BCUT2D eigenvalue weighted by Crippen LogP contribution is 2.36. The maximum Gasteiger partial charge on any atom is 0.170 e. The fourth-order valence-electron chi connectivity index (χ4n) is 2.91. The zero-order valence-corrected chi connectivity index (χ0v) is 12.5. The fourth-order valence-corrected chi connectivity index (χ4v) is 2.91. The summed E-state index contributed by atoms with van der Waals surface area (Å²) in [6.45, 7) is 4.71. The van der Waals surface area contributed by atoms with Gasteiger partial charge in [0.25, 0.3) is 0 Å². The number of hydrogen-bond donors (Lipinski definition) is 0. The van der Waals surface area contributed by atoms with Gasteiger partial charge in [-0.2, -0.15) is 15.5 Å². The molecule has 1 aliphatic rings. The highest BCUT2D eigenvalue weighted by Gasteiger charge is 2.30. The Morgan fingerprint density at radius 2 is 2.14 bits per heavy atom. The second-order valence-corrected chi connectivity index (χ2v) is 5.52. The van der Waals surface area contributed by atoms with Gasteiger partial charge in [-0.05, 0) is 32.3 Å². The highest BCUT2D eigenvalue weighted by molar-refractivity contribution is 5.59. The zero-order valence-electron chi connectivity index (χ0n) is 12.5. The molecule has 2 aromatic rings. The molecule has 1 fully saturated rings. The monoisotopic (exact) mass is 282 g/mol. The Morgan fingerprint density at radius 1 is 1.33 bits per heavy atom. The Bertz CT molecular complexity index is 711. The van der Waals surface area contributed by atoms with Crippen LogP contribution in [0.3, 0.4) is 0 Å². The molecule has 1 saturated heterocycles. The van der Waals surface area contributed by atoms with Crippen molar-refractivity contribution in [2.24, 2.45) is 7.05 Å². The molecule has 1 atom stereocenters. The number of hydrogen-bond acceptors (Lipinski definition) is 5. The molecule has 1 unspecified atom stereocenters. The molecular weight excluding hydrogens is 264 g/mol. The molecule has 6 nitrogen and oxygen atoms in total. The Hall–Kier alpha value is -2.42. The average molecular weight is 282 g/mol. The van der Waals surface area contributed by atoms with Gasteiger partial charge in [0, 0.05) is 25.4 Å². The molecule has 3 heterocycles. The molecule has 0 aliphatic carbocycles. The minimum Gasteiger partial charge on any atom is -0.347 e. The van der Waals surface area contributed by atoms with E-state index in [-0.39, 0.29) is 6.04 Å². The minimum atomic E-state index is 0.224. The summed E-state index contributed by atoms with van der Waals surface area (Å²) in [7, 11) is 1.92. The van der Waals surface area contributed by atoms with Gasteiger partial charge in [-0.1, -0.05) is 0 Å². The number of nitrogens with zero attached hydrogens (tertiary/aromatic N) is 6. The van der Waals surface area contributed by atoms with E-state index in [0.29, 0.717) is 11.4 Å². The maximum absolute atomic E-state index is 9.48. The van der Waals surface area contributed by atoms with Gasteiger partial charge in [0.1, 0.15) is 11.6 Å². The minimum absolute atomic E-state index is 0.224. The van der Waals surface area contributed by atoms with Crippen molar-refractivity contribution in [2.75, 3.05) is 11.4 Å². The van der Waals surface area contributed by atoms with E-state index in [1.165, 1.54) is 5.56 Å². The van der Waals surface area contributed by atoms with Crippen molar-refractivity contribution in [1.29, 1.82) is 5.26 Å². The number of aromatic nitrogens is 4. The van der Waals surface area contributed by atoms with Gasteiger partial charge in [0.2, 0.25) is 0 Å².